The summed E-state index contributed by atoms with van der Waals surface area (Å²) in [6.07, 6.45) is 6.51. The number of fused-ring (bicyclic) bond motifs is 2. The minimum atomic E-state index is 0.468. The zero-order chi connectivity index (χ0) is 11.5. The highest BCUT2D eigenvalue weighted by atomic mass is 16.5. The maximum Gasteiger partial charge on any atom is 0.0707 e. The Morgan fingerprint density at radius 1 is 1.12 bits per heavy atom. The van der Waals surface area contributed by atoms with Gasteiger partial charge in [0.05, 0.1) is 18.3 Å². The number of morpholine rings is 1. The second-order valence-electron chi connectivity index (χ2n) is 5.56. The fraction of sp³-hybridized carbons (Fsp3) is 1.00. The second-order valence-corrected chi connectivity index (χ2v) is 5.56. The van der Waals surface area contributed by atoms with E-state index in [1.165, 1.54) is 25.7 Å². The normalized spacial score (nSPS) is 37.8. The van der Waals surface area contributed by atoms with Crippen LogP contribution in [0.25, 0.3) is 0 Å². The number of likely N-dealkylation sites (tertiary alicyclic amines) is 1. The van der Waals surface area contributed by atoms with Gasteiger partial charge in [-0.2, -0.15) is 0 Å². The summed E-state index contributed by atoms with van der Waals surface area (Å²) < 4.78 is 11.4. The first-order valence-corrected chi connectivity index (χ1v) is 7.10. The van der Waals surface area contributed by atoms with Crippen molar-refractivity contribution in [3.63, 3.8) is 0 Å². The maximum atomic E-state index is 5.83. The molecule has 98 valence electrons. The van der Waals surface area contributed by atoms with Gasteiger partial charge in [0.2, 0.25) is 0 Å². The summed E-state index contributed by atoms with van der Waals surface area (Å²) >= 11 is 0. The molecule has 0 spiro atoms. The van der Waals surface area contributed by atoms with Crippen molar-refractivity contribution in [3.8, 4) is 0 Å². The first kappa shape index (κ1) is 11.9. The fourth-order valence-corrected chi connectivity index (χ4v) is 3.19. The number of rotatable bonds is 5. The Morgan fingerprint density at radius 3 is 2.65 bits per heavy atom. The van der Waals surface area contributed by atoms with Crippen LogP contribution in [0.5, 0.6) is 0 Å². The Bertz CT molecular complexity index is 232. The average molecular weight is 240 g/mol. The smallest absolute Gasteiger partial charge is 0.0707 e. The average Bonchev–Trinajstić information content (AvgIpc) is 2.95. The van der Waals surface area contributed by atoms with E-state index in [-0.39, 0.29) is 0 Å². The van der Waals surface area contributed by atoms with E-state index < -0.39 is 0 Å². The molecule has 0 amide bonds. The number of nitrogens with one attached hydrogen (secondary N) is 1. The van der Waals surface area contributed by atoms with Crippen molar-refractivity contribution in [2.75, 3.05) is 39.3 Å². The summed E-state index contributed by atoms with van der Waals surface area (Å²) in [5.74, 6) is 0. The van der Waals surface area contributed by atoms with Gasteiger partial charge >= 0.3 is 0 Å². The highest BCUT2D eigenvalue weighted by molar-refractivity contribution is 4.84. The molecule has 4 nitrogen and oxygen atoms in total. The van der Waals surface area contributed by atoms with Crippen molar-refractivity contribution in [2.24, 2.45) is 0 Å². The SMILES string of the molecule is C1COC(CNCCN2CC3CCC(C2)O3)C1. The lowest BCUT2D eigenvalue weighted by Gasteiger charge is -2.32. The first-order valence-electron chi connectivity index (χ1n) is 7.10. The van der Waals surface area contributed by atoms with E-state index in [1.54, 1.807) is 0 Å². The van der Waals surface area contributed by atoms with Gasteiger partial charge in [0.1, 0.15) is 0 Å². The lowest BCUT2D eigenvalue weighted by atomic mass is 10.2. The molecule has 4 heteroatoms. The van der Waals surface area contributed by atoms with Crippen LogP contribution >= 0.6 is 0 Å². The highest BCUT2D eigenvalue weighted by Gasteiger charge is 2.33. The zero-order valence-electron chi connectivity index (χ0n) is 10.6. The van der Waals surface area contributed by atoms with E-state index in [1.807, 2.05) is 0 Å². The van der Waals surface area contributed by atoms with Gasteiger partial charge in [0.25, 0.3) is 0 Å². The molecule has 3 aliphatic heterocycles. The van der Waals surface area contributed by atoms with Crippen LogP contribution in [-0.4, -0.2) is 62.5 Å². The van der Waals surface area contributed by atoms with Crippen LogP contribution in [0.4, 0.5) is 0 Å². The van der Waals surface area contributed by atoms with Crippen LogP contribution in [0, 0.1) is 0 Å². The predicted molar refractivity (Wildman–Crippen MR) is 66.2 cm³/mol. The fourth-order valence-electron chi connectivity index (χ4n) is 3.19. The van der Waals surface area contributed by atoms with Crippen LogP contribution in [-0.2, 0) is 9.47 Å². The zero-order valence-corrected chi connectivity index (χ0v) is 10.6. The Hall–Kier alpha value is -0.160. The van der Waals surface area contributed by atoms with Crippen LogP contribution < -0.4 is 5.32 Å². The lowest BCUT2D eigenvalue weighted by Crippen LogP contribution is -2.45. The number of nitrogens with zero attached hydrogens (tertiary/aromatic N) is 1. The van der Waals surface area contributed by atoms with Gasteiger partial charge in [-0.1, -0.05) is 0 Å². The lowest BCUT2D eigenvalue weighted by molar-refractivity contribution is -0.0378. The molecular formula is C13H24N2O2. The van der Waals surface area contributed by atoms with E-state index in [2.05, 4.69) is 10.2 Å². The highest BCUT2D eigenvalue weighted by Crippen LogP contribution is 2.25. The van der Waals surface area contributed by atoms with Gasteiger partial charge in [-0.15, -0.1) is 0 Å². The number of hydrogen-bond donors (Lipinski definition) is 1. The molecule has 3 rings (SSSR count). The topological polar surface area (TPSA) is 33.7 Å². The van der Waals surface area contributed by atoms with E-state index in [0.717, 1.165) is 39.3 Å². The van der Waals surface area contributed by atoms with Gasteiger partial charge in [0.15, 0.2) is 0 Å². The minimum absolute atomic E-state index is 0.468. The van der Waals surface area contributed by atoms with Crippen LogP contribution in [0.15, 0.2) is 0 Å². The molecule has 0 radical (unpaired) electrons. The molecule has 0 saturated carbocycles. The molecule has 3 saturated heterocycles. The van der Waals surface area contributed by atoms with Crippen molar-refractivity contribution in [1.82, 2.24) is 10.2 Å². The van der Waals surface area contributed by atoms with E-state index >= 15 is 0 Å². The molecule has 2 bridgehead atoms. The van der Waals surface area contributed by atoms with Crippen molar-refractivity contribution in [2.45, 2.75) is 44.0 Å². The Balaban J connectivity index is 1.29. The monoisotopic (exact) mass is 240 g/mol. The van der Waals surface area contributed by atoms with Crippen LogP contribution in [0.2, 0.25) is 0 Å². The molecule has 3 heterocycles. The Labute approximate surface area is 104 Å². The van der Waals surface area contributed by atoms with Gasteiger partial charge in [-0.25, -0.2) is 0 Å². The van der Waals surface area contributed by atoms with Crippen LogP contribution in [0.3, 0.4) is 0 Å². The third-order valence-corrected chi connectivity index (χ3v) is 4.12. The molecule has 3 atom stereocenters. The summed E-state index contributed by atoms with van der Waals surface area (Å²) in [4.78, 5) is 2.55. The summed E-state index contributed by atoms with van der Waals surface area (Å²) in [6.45, 7) is 6.50. The van der Waals surface area contributed by atoms with Crippen molar-refractivity contribution < 1.29 is 9.47 Å². The summed E-state index contributed by atoms with van der Waals surface area (Å²) in [6, 6.07) is 0. The van der Waals surface area contributed by atoms with Crippen molar-refractivity contribution in [3.05, 3.63) is 0 Å². The first-order chi connectivity index (χ1) is 8.40. The Kier molecular flexibility index (Phi) is 3.96. The van der Waals surface area contributed by atoms with Gasteiger partial charge in [0, 0.05) is 39.3 Å². The van der Waals surface area contributed by atoms with Gasteiger partial charge in [-0.05, 0) is 25.7 Å². The number of hydrogen-bond acceptors (Lipinski definition) is 4. The van der Waals surface area contributed by atoms with Crippen LogP contribution in [0.1, 0.15) is 25.7 Å². The Morgan fingerprint density at radius 2 is 1.94 bits per heavy atom. The molecule has 0 aromatic heterocycles. The molecule has 3 unspecified atom stereocenters. The molecular weight excluding hydrogens is 216 g/mol. The third kappa shape index (κ3) is 3.19. The number of ether oxygens (including phenoxy) is 2. The molecule has 0 aliphatic carbocycles. The summed E-state index contributed by atoms with van der Waals surface area (Å²) in [5.41, 5.74) is 0. The molecule has 3 fully saturated rings. The standard InChI is InChI=1S/C13H24N2O2/c1-2-11(16-7-1)8-14-5-6-15-9-12-3-4-13(10-15)17-12/h11-14H,1-10H2. The summed E-state index contributed by atoms with van der Waals surface area (Å²) in [7, 11) is 0. The summed E-state index contributed by atoms with van der Waals surface area (Å²) in [5, 5.41) is 3.52. The molecule has 3 aliphatic rings. The molecule has 0 aromatic rings. The minimum Gasteiger partial charge on any atom is -0.377 e. The van der Waals surface area contributed by atoms with Crippen molar-refractivity contribution >= 4 is 0 Å². The van der Waals surface area contributed by atoms with Crippen molar-refractivity contribution in [1.29, 1.82) is 0 Å². The van der Waals surface area contributed by atoms with E-state index in [0.29, 0.717) is 18.3 Å². The van der Waals surface area contributed by atoms with Gasteiger partial charge in [-0.3, -0.25) is 4.90 Å². The molecule has 0 aromatic carbocycles. The van der Waals surface area contributed by atoms with Gasteiger partial charge < -0.3 is 14.8 Å². The third-order valence-electron chi connectivity index (χ3n) is 4.12. The molecule has 17 heavy (non-hydrogen) atoms. The van der Waals surface area contributed by atoms with E-state index in [9.17, 15) is 0 Å². The quantitative estimate of drug-likeness (QED) is 0.714. The largest absolute Gasteiger partial charge is 0.377 e. The maximum absolute atomic E-state index is 5.83. The molecule has 1 N–H and O–H groups in total. The van der Waals surface area contributed by atoms with E-state index in [4.69, 9.17) is 9.47 Å². The predicted octanol–water partition coefficient (Wildman–Crippen LogP) is 0.618. The second kappa shape index (κ2) is 5.65.